The average Bonchev–Trinajstić information content (AvgIpc) is 2.39. The molecule has 0 aliphatic carbocycles. The second-order valence-electron chi connectivity index (χ2n) is 4.43. The number of carbonyl (C=O) groups excluding carboxylic acids is 1. The van der Waals surface area contributed by atoms with Crippen LogP contribution in [0.5, 0.6) is 0 Å². The lowest BCUT2D eigenvalue weighted by Crippen LogP contribution is -2.38. The Morgan fingerprint density at radius 2 is 2.06 bits per heavy atom. The monoisotopic (exact) mass is 264 g/mol. The molecule has 0 radical (unpaired) electrons. The van der Waals surface area contributed by atoms with E-state index in [2.05, 4.69) is 9.88 Å². The number of aromatic nitrogens is 1. The van der Waals surface area contributed by atoms with Crippen LogP contribution in [0.2, 0.25) is 0 Å². The van der Waals surface area contributed by atoms with Crippen molar-refractivity contribution in [1.82, 2.24) is 4.98 Å². The summed E-state index contributed by atoms with van der Waals surface area (Å²) in [6.07, 6.45) is 3.28. The lowest BCUT2D eigenvalue weighted by Gasteiger charge is -2.32. The number of nitrogens with zero attached hydrogens (tertiary/aromatic N) is 2. The Kier molecular flexibility index (Phi) is 3.76. The SMILES string of the molecule is NC(=O)C1CCN(c2ccnc(C(N)=S)c2)CC1. The molecule has 1 saturated heterocycles. The molecule has 1 fully saturated rings. The smallest absolute Gasteiger partial charge is 0.220 e. The van der Waals surface area contributed by atoms with E-state index < -0.39 is 0 Å². The maximum absolute atomic E-state index is 11.1. The van der Waals surface area contributed by atoms with Crippen LogP contribution in [0.15, 0.2) is 18.3 Å². The number of anilines is 1. The number of hydrogen-bond acceptors (Lipinski definition) is 4. The third-order valence-electron chi connectivity index (χ3n) is 3.26. The highest BCUT2D eigenvalue weighted by Gasteiger charge is 2.23. The Morgan fingerprint density at radius 1 is 1.39 bits per heavy atom. The van der Waals surface area contributed by atoms with E-state index in [0.717, 1.165) is 31.6 Å². The van der Waals surface area contributed by atoms with Gasteiger partial charge in [0.05, 0.1) is 5.69 Å². The van der Waals surface area contributed by atoms with Gasteiger partial charge in [0.1, 0.15) is 4.99 Å². The van der Waals surface area contributed by atoms with Gasteiger partial charge in [0, 0.05) is 30.9 Å². The van der Waals surface area contributed by atoms with Gasteiger partial charge in [-0.2, -0.15) is 0 Å². The second kappa shape index (κ2) is 5.30. The van der Waals surface area contributed by atoms with Gasteiger partial charge in [-0.3, -0.25) is 9.78 Å². The number of primary amides is 1. The van der Waals surface area contributed by atoms with Crippen molar-refractivity contribution in [1.29, 1.82) is 0 Å². The molecule has 4 N–H and O–H groups in total. The summed E-state index contributed by atoms with van der Waals surface area (Å²) in [4.78, 5) is 17.7. The number of rotatable bonds is 3. The Balaban J connectivity index is 2.07. The molecular formula is C12H16N4OS. The van der Waals surface area contributed by atoms with Crippen LogP contribution >= 0.6 is 12.2 Å². The third kappa shape index (κ3) is 2.76. The zero-order valence-electron chi connectivity index (χ0n) is 10.0. The highest BCUT2D eigenvalue weighted by Crippen LogP contribution is 2.23. The summed E-state index contributed by atoms with van der Waals surface area (Å²) in [6, 6.07) is 3.80. The van der Waals surface area contributed by atoms with Crippen molar-refractivity contribution in [2.75, 3.05) is 18.0 Å². The van der Waals surface area contributed by atoms with E-state index in [1.807, 2.05) is 12.1 Å². The van der Waals surface area contributed by atoms with Crippen molar-refractivity contribution in [2.45, 2.75) is 12.8 Å². The zero-order valence-corrected chi connectivity index (χ0v) is 10.8. The summed E-state index contributed by atoms with van der Waals surface area (Å²) in [7, 11) is 0. The van der Waals surface area contributed by atoms with E-state index in [-0.39, 0.29) is 11.8 Å². The molecule has 1 aliphatic heterocycles. The van der Waals surface area contributed by atoms with Crippen molar-refractivity contribution in [2.24, 2.45) is 17.4 Å². The molecule has 0 atom stereocenters. The number of carbonyl (C=O) groups is 1. The molecule has 2 heterocycles. The number of amides is 1. The van der Waals surface area contributed by atoms with Crippen molar-refractivity contribution in [3.8, 4) is 0 Å². The minimum atomic E-state index is -0.201. The minimum Gasteiger partial charge on any atom is -0.388 e. The normalized spacial score (nSPS) is 16.6. The quantitative estimate of drug-likeness (QED) is 0.773. The number of piperidine rings is 1. The fourth-order valence-electron chi connectivity index (χ4n) is 2.17. The van der Waals surface area contributed by atoms with Gasteiger partial charge in [0.2, 0.25) is 5.91 Å². The molecule has 1 aliphatic rings. The third-order valence-corrected chi connectivity index (χ3v) is 3.47. The largest absolute Gasteiger partial charge is 0.388 e. The van der Waals surface area contributed by atoms with Crippen molar-refractivity contribution in [3.05, 3.63) is 24.0 Å². The van der Waals surface area contributed by atoms with Crippen LogP contribution in [0.4, 0.5) is 5.69 Å². The van der Waals surface area contributed by atoms with Crippen LogP contribution in [0.25, 0.3) is 0 Å². The average molecular weight is 264 g/mol. The molecule has 0 saturated carbocycles. The first-order valence-corrected chi connectivity index (χ1v) is 6.29. The van der Waals surface area contributed by atoms with Gasteiger partial charge in [-0.15, -0.1) is 0 Å². The van der Waals surface area contributed by atoms with Gasteiger partial charge in [-0.1, -0.05) is 12.2 Å². The minimum absolute atomic E-state index is 0.00172. The maximum atomic E-state index is 11.1. The van der Waals surface area contributed by atoms with E-state index >= 15 is 0 Å². The summed E-state index contributed by atoms with van der Waals surface area (Å²) in [5.74, 6) is -0.202. The topological polar surface area (TPSA) is 85.2 Å². The van der Waals surface area contributed by atoms with Crippen LogP contribution in [-0.4, -0.2) is 29.0 Å². The van der Waals surface area contributed by atoms with Gasteiger partial charge >= 0.3 is 0 Å². The van der Waals surface area contributed by atoms with E-state index in [1.165, 1.54) is 0 Å². The van der Waals surface area contributed by atoms with E-state index in [1.54, 1.807) is 6.20 Å². The highest BCUT2D eigenvalue weighted by atomic mass is 32.1. The van der Waals surface area contributed by atoms with Crippen molar-refractivity contribution in [3.63, 3.8) is 0 Å². The van der Waals surface area contributed by atoms with E-state index in [9.17, 15) is 4.79 Å². The number of nitrogens with two attached hydrogens (primary N) is 2. The fraction of sp³-hybridized carbons (Fsp3) is 0.417. The Bertz CT molecular complexity index is 469. The van der Waals surface area contributed by atoms with Crippen LogP contribution < -0.4 is 16.4 Å². The number of pyridine rings is 1. The van der Waals surface area contributed by atoms with Gasteiger partial charge in [0.15, 0.2) is 0 Å². The maximum Gasteiger partial charge on any atom is 0.220 e. The van der Waals surface area contributed by atoms with Gasteiger partial charge in [0.25, 0.3) is 0 Å². The Hall–Kier alpha value is -1.69. The molecular weight excluding hydrogens is 248 g/mol. The predicted molar refractivity (Wildman–Crippen MR) is 74.3 cm³/mol. The molecule has 0 aromatic carbocycles. The van der Waals surface area contributed by atoms with Crippen molar-refractivity contribution < 1.29 is 4.79 Å². The number of hydrogen-bond donors (Lipinski definition) is 2. The summed E-state index contributed by atoms with van der Waals surface area (Å²) >= 11 is 4.91. The molecule has 0 spiro atoms. The summed E-state index contributed by atoms with van der Waals surface area (Å²) in [5, 5.41) is 0. The van der Waals surface area contributed by atoms with Crippen LogP contribution in [0.1, 0.15) is 18.5 Å². The lowest BCUT2D eigenvalue weighted by atomic mass is 9.96. The summed E-state index contributed by atoms with van der Waals surface area (Å²) < 4.78 is 0. The summed E-state index contributed by atoms with van der Waals surface area (Å²) in [6.45, 7) is 1.63. The fourth-order valence-corrected chi connectivity index (χ4v) is 2.28. The molecule has 2 rings (SSSR count). The van der Waals surface area contributed by atoms with Gasteiger partial charge in [-0.25, -0.2) is 0 Å². The molecule has 0 unspecified atom stereocenters. The van der Waals surface area contributed by atoms with E-state index in [4.69, 9.17) is 23.7 Å². The molecule has 96 valence electrons. The first-order chi connectivity index (χ1) is 8.58. The molecule has 1 aromatic rings. The van der Waals surface area contributed by atoms with Gasteiger partial charge < -0.3 is 16.4 Å². The lowest BCUT2D eigenvalue weighted by molar-refractivity contribution is -0.122. The first kappa shape index (κ1) is 12.8. The van der Waals surface area contributed by atoms with Gasteiger partial charge in [-0.05, 0) is 25.0 Å². The molecule has 6 heteroatoms. The zero-order chi connectivity index (χ0) is 13.1. The standard InChI is InChI=1S/C12H16N4OS/c13-11(17)8-2-5-16(6-3-8)9-1-4-15-10(7-9)12(14)18/h1,4,7-8H,2-3,5-6H2,(H2,13,17)(H2,14,18). The molecule has 1 amide bonds. The van der Waals surface area contributed by atoms with Crippen LogP contribution in [0, 0.1) is 5.92 Å². The molecule has 1 aromatic heterocycles. The molecule has 5 nitrogen and oxygen atoms in total. The predicted octanol–water partition coefficient (Wildman–Crippen LogP) is 0.417. The molecule has 18 heavy (non-hydrogen) atoms. The second-order valence-corrected chi connectivity index (χ2v) is 4.87. The van der Waals surface area contributed by atoms with Crippen LogP contribution in [0.3, 0.4) is 0 Å². The highest BCUT2D eigenvalue weighted by molar-refractivity contribution is 7.80. The molecule has 0 bridgehead atoms. The number of thiocarbonyl (C=S) groups is 1. The summed E-state index contributed by atoms with van der Waals surface area (Å²) in [5.41, 5.74) is 12.5. The van der Waals surface area contributed by atoms with E-state index in [0.29, 0.717) is 10.7 Å². The van der Waals surface area contributed by atoms with Crippen molar-refractivity contribution >= 4 is 28.8 Å². The first-order valence-electron chi connectivity index (χ1n) is 5.88. The Morgan fingerprint density at radius 3 is 2.61 bits per heavy atom. The Labute approximate surface area is 111 Å². The van der Waals surface area contributed by atoms with Crippen LogP contribution in [-0.2, 0) is 4.79 Å².